The highest BCUT2D eigenvalue weighted by atomic mass is 16.5. The fraction of sp³-hybridized carbons (Fsp3) is 0.226. The number of carbonyl (C=O) groups is 1. The second-order valence-corrected chi connectivity index (χ2v) is 8.84. The van der Waals surface area contributed by atoms with Crippen molar-refractivity contribution >= 4 is 12.1 Å². The minimum absolute atomic E-state index is 0.136. The molecule has 202 valence electrons. The van der Waals surface area contributed by atoms with E-state index in [9.17, 15) is 4.79 Å². The third-order valence-corrected chi connectivity index (χ3v) is 6.03. The molecule has 2 heterocycles. The van der Waals surface area contributed by atoms with Crippen LogP contribution in [0.15, 0.2) is 82.8 Å². The molecule has 0 atom stereocenters. The molecule has 0 fully saturated rings. The number of methoxy groups -OCH3 is 1. The van der Waals surface area contributed by atoms with Gasteiger partial charge >= 0.3 is 5.91 Å². The molecule has 1 amide bonds. The summed E-state index contributed by atoms with van der Waals surface area (Å²) in [4.78, 5) is 12.5. The Morgan fingerprint density at radius 1 is 1.05 bits per heavy atom. The van der Waals surface area contributed by atoms with Gasteiger partial charge in [0.05, 0.1) is 19.9 Å². The van der Waals surface area contributed by atoms with Gasteiger partial charge in [0.1, 0.15) is 18.1 Å². The number of hydrazone groups is 1. The molecular weight excluding hydrogens is 494 g/mol. The van der Waals surface area contributed by atoms with Crippen molar-refractivity contribution < 1.29 is 23.4 Å². The van der Waals surface area contributed by atoms with Crippen LogP contribution in [0.3, 0.4) is 0 Å². The number of furan rings is 1. The lowest BCUT2D eigenvalue weighted by atomic mass is 10.1. The number of allylic oxidation sites excluding steroid dienone is 1. The number of hydrogen-bond donors (Lipinski definition) is 1. The number of hydrogen-bond acceptors (Lipinski definition) is 6. The van der Waals surface area contributed by atoms with Gasteiger partial charge in [0, 0.05) is 22.6 Å². The molecule has 0 saturated carbocycles. The summed E-state index contributed by atoms with van der Waals surface area (Å²) < 4.78 is 24.9. The van der Waals surface area contributed by atoms with Gasteiger partial charge in [0.25, 0.3) is 0 Å². The fourth-order valence-corrected chi connectivity index (χ4v) is 4.28. The highest BCUT2D eigenvalue weighted by Gasteiger charge is 2.13. The number of aromatic nitrogens is 1. The number of carbonyl (C=O) groups excluding carboxylic acids is 1. The quantitative estimate of drug-likeness (QED) is 0.135. The Morgan fingerprint density at radius 3 is 2.46 bits per heavy atom. The lowest BCUT2D eigenvalue weighted by Gasteiger charge is -2.14. The molecular formula is C31H33N3O5. The van der Waals surface area contributed by atoms with Crippen molar-refractivity contribution in [3.05, 3.63) is 107 Å². The van der Waals surface area contributed by atoms with Crippen molar-refractivity contribution in [1.29, 1.82) is 0 Å². The van der Waals surface area contributed by atoms with Crippen molar-refractivity contribution in [2.24, 2.45) is 5.10 Å². The molecule has 0 aliphatic rings. The zero-order valence-corrected chi connectivity index (χ0v) is 22.7. The topological polar surface area (TPSA) is 87.2 Å². The number of nitrogens with zero attached hydrogens (tertiary/aromatic N) is 2. The second-order valence-electron chi connectivity index (χ2n) is 8.84. The Morgan fingerprint density at radius 2 is 1.79 bits per heavy atom. The first-order valence-corrected chi connectivity index (χ1v) is 12.7. The molecule has 1 N–H and O–H groups in total. The SMILES string of the molecule is C=CCc1cc(/C=N/NC(=O)c2ccc(COc3ccc(-n4c(C)ccc4C)cc3)o2)cc(OCC)c1OC. The second kappa shape index (κ2) is 12.7. The first kappa shape index (κ1) is 27.3. The van der Waals surface area contributed by atoms with Gasteiger partial charge in [-0.25, -0.2) is 5.43 Å². The van der Waals surface area contributed by atoms with Crippen molar-refractivity contribution in [3.63, 3.8) is 0 Å². The molecule has 4 rings (SSSR count). The Bertz CT molecular complexity index is 1440. The van der Waals surface area contributed by atoms with E-state index < -0.39 is 5.91 Å². The molecule has 39 heavy (non-hydrogen) atoms. The first-order chi connectivity index (χ1) is 18.9. The summed E-state index contributed by atoms with van der Waals surface area (Å²) in [6, 6.07) is 19.0. The molecule has 8 heteroatoms. The molecule has 0 bridgehead atoms. The molecule has 4 aromatic rings. The van der Waals surface area contributed by atoms with E-state index in [1.807, 2.05) is 37.3 Å². The predicted molar refractivity (Wildman–Crippen MR) is 151 cm³/mol. The molecule has 2 aromatic carbocycles. The largest absolute Gasteiger partial charge is 0.493 e. The number of ether oxygens (including phenoxy) is 3. The van der Waals surface area contributed by atoms with E-state index in [2.05, 4.69) is 47.7 Å². The van der Waals surface area contributed by atoms with Gasteiger partial charge in [-0.1, -0.05) is 6.08 Å². The Balaban J connectivity index is 1.35. The van der Waals surface area contributed by atoms with Crippen LogP contribution in [0.2, 0.25) is 0 Å². The summed E-state index contributed by atoms with van der Waals surface area (Å²) in [5.41, 5.74) is 7.56. The van der Waals surface area contributed by atoms with Crippen LogP contribution in [0, 0.1) is 13.8 Å². The van der Waals surface area contributed by atoms with Crippen LogP contribution < -0.4 is 19.6 Å². The Hall–Kier alpha value is -4.72. The molecule has 0 radical (unpaired) electrons. The molecule has 0 aliphatic heterocycles. The standard InChI is InChI=1S/C31H33N3O5/c1-6-8-24-17-23(18-29(37-7-2)30(24)36-5)19-32-33-31(35)28-16-15-27(39-28)20-38-26-13-11-25(12-14-26)34-21(3)9-10-22(34)4/h6,9-19H,1,7-8,20H2,2-5H3,(H,33,35)/b32-19+. The number of aryl methyl sites for hydroxylation is 2. The molecule has 2 aromatic heterocycles. The van der Waals surface area contributed by atoms with Crippen molar-refractivity contribution in [2.75, 3.05) is 13.7 Å². The maximum Gasteiger partial charge on any atom is 0.307 e. The van der Waals surface area contributed by atoms with E-state index in [0.717, 1.165) is 16.8 Å². The lowest BCUT2D eigenvalue weighted by molar-refractivity contribution is 0.0923. The smallest absolute Gasteiger partial charge is 0.307 e. The van der Waals surface area contributed by atoms with Crippen LogP contribution in [0.1, 0.15) is 45.8 Å². The van der Waals surface area contributed by atoms with Gasteiger partial charge in [-0.15, -0.1) is 6.58 Å². The van der Waals surface area contributed by atoms with Crippen molar-refractivity contribution in [3.8, 4) is 22.9 Å². The summed E-state index contributed by atoms with van der Waals surface area (Å²) >= 11 is 0. The predicted octanol–water partition coefficient (Wildman–Crippen LogP) is 6.17. The van der Waals surface area contributed by atoms with Crippen LogP contribution in [-0.4, -0.2) is 30.4 Å². The van der Waals surface area contributed by atoms with Gasteiger partial charge in [-0.3, -0.25) is 4.79 Å². The normalized spacial score (nSPS) is 11.0. The minimum Gasteiger partial charge on any atom is -0.493 e. The molecule has 0 aliphatic carbocycles. The number of benzene rings is 2. The van der Waals surface area contributed by atoms with Crippen LogP contribution in [0.25, 0.3) is 5.69 Å². The van der Waals surface area contributed by atoms with E-state index in [1.165, 1.54) is 11.4 Å². The maximum absolute atomic E-state index is 12.5. The van der Waals surface area contributed by atoms with Crippen LogP contribution in [0.5, 0.6) is 17.2 Å². The molecule has 0 spiro atoms. The van der Waals surface area contributed by atoms with Gasteiger partial charge in [0.2, 0.25) is 0 Å². The Kier molecular flexibility index (Phi) is 8.89. The summed E-state index contributed by atoms with van der Waals surface area (Å²) in [7, 11) is 1.60. The first-order valence-electron chi connectivity index (χ1n) is 12.7. The molecule has 8 nitrogen and oxygen atoms in total. The van der Waals surface area contributed by atoms with Gasteiger partial charge in [-0.2, -0.15) is 5.10 Å². The molecule has 0 unspecified atom stereocenters. The fourth-order valence-electron chi connectivity index (χ4n) is 4.28. The van der Waals surface area contributed by atoms with E-state index >= 15 is 0 Å². The summed E-state index contributed by atoms with van der Waals surface area (Å²) in [5, 5.41) is 4.08. The average molecular weight is 528 g/mol. The van der Waals surface area contributed by atoms with E-state index in [0.29, 0.717) is 36.0 Å². The third kappa shape index (κ3) is 6.59. The number of rotatable bonds is 12. The Labute approximate surface area is 228 Å². The van der Waals surface area contributed by atoms with Gasteiger partial charge in [0.15, 0.2) is 17.3 Å². The van der Waals surface area contributed by atoms with Crippen LogP contribution >= 0.6 is 0 Å². The van der Waals surface area contributed by atoms with Crippen LogP contribution in [0.4, 0.5) is 0 Å². The average Bonchev–Trinajstić information content (AvgIpc) is 3.54. The van der Waals surface area contributed by atoms with E-state index in [4.69, 9.17) is 18.6 Å². The third-order valence-electron chi connectivity index (χ3n) is 6.03. The highest BCUT2D eigenvalue weighted by molar-refractivity contribution is 5.92. The monoisotopic (exact) mass is 527 g/mol. The van der Waals surface area contributed by atoms with Gasteiger partial charge in [-0.05, 0) is 93.4 Å². The summed E-state index contributed by atoms with van der Waals surface area (Å²) in [6.07, 6.45) is 3.93. The summed E-state index contributed by atoms with van der Waals surface area (Å²) in [6.45, 7) is 10.5. The van der Waals surface area contributed by atoms with Crippen molar-refractivity contribution in [1.82, 2.24) is 9.99 Å². The zero-order chi connectivity index (χ0) is 27.8. The van der Waals surface area contributed by atoms with Crippen LogP contribution in [-0.2, 0) is 13.0 Å². The lowest BCUT2D eigenvalue weighted by Crippen LogP contribution is -2.16. The summed E-state index contributed by atoms with van der Waals surface area (Å²) in [5.74, 6) is 2.16. The van der Waals surface area contributed by atoms with E-state index in [1.54, 1.807) is 37.6 Å². The van der Waals surface area contributed by atoms with Crippen molar-refractivity contribution in [2.45, 2.75) is 33.8 Å². The highest BCUT2D eigenvalue weighted by Crippen LogP contribution is 2.33. The zero-order valence-electron chi connectivity index (χ0n) is 22.7. The van der Waals surface area contributed by atoms with E-state index in [-0.39, 0.29) is 12.4 Å². The molecule has 0 saturated heterocycles. The number of nitrogens with one attached hydrogen (secondary N) is 1. The van der Waals surface area contributed by atoms with Gasteiger partial charge < -0.3 is 23.2 Å². The minimum atomic E-state index is -0.468. The maximum atomic E-state index is 12.5. The number of amides is 1.